The number of rotatable bonds is 3. The van der Waals surface area contributed by atoms with Gasteiger partial charge >= 0.3 is 0 Å². The maximum Gasteiger partial charge on any atom is 0.162 e. The summed E-state index contributed by atoms with van der Waals surface area (Å²) in [6.45, 7) is 2.08. The fraction of sp³-hybridized carbons (Fsp3) is 0.333. The summed E-state index contributed by atoms with van der Waals surface area (Å²) in [6, 6.07) is 3.39. The summed E-state index contributed by atoms with van der Waals surface area (Å²) < 4.78 is 30.3. The predicted octanol–water partition coefficient (Wildman–Crippen LogP) is 2.11. The SMILES string of the molecule is CC(CN)Oc1ccc(F)c(F)c1.Cl. The van der Waals surface area contributed by atoms with Crippen LogP contribution < -0.4 is 10.5 Å². The second kappa shape index (κ2) is 5.78. The zero-order chi connectivity index (χ0) is 9.84. The third-order valence-corrected chi connectivity index (χ3v) is 1.56. The third-order valence-electron chi connectivity index (χ3n) is 1.56. The molecule has 1 rings (SSSR count). The molecule has 2 N–H and O–H groups in total. The van der Waals surface area contributed by atoms with Crippen molar-refractivity contribution >= 4 is 12.4 Å². The molecule has 0 radical (unpaired) electrons. The van der Waals surface area contributed by atoms with Crippen molar-refractivity contribution in [2.45, 2.75) is 13.0 Å². The van der Waals surface area contributed by atoms with Gasteiger partial charge in [0.2, 0.25) is 0 Å². The lowest BCUT2D eigenvalue weighted by atomic mass is 10.3. The van der Waals surface area contributed by atoms with Gasteiger partial charge in [-0.25, -0.2) is 8.78 Å². The third kappa shape index (κ3) is 3.47. The highest BCUT2D eigenvalue weighted by atomic mass is 35.5. The van der Waals surface area contributed by atoms with Crippen LogP contribution in [0.4, 0.5) is 8.78 Å². The standard InChI is InChI=1S/C9H11F2NO.ClH/c1-6(5-12)13-7-2-3-8(10)9(11)4-7;/h2-4,6H,5,12H2,1H3;1H. The molecule has 0 amide bonds. The smallest absolute Gasteiger partial charge is 0.162 e. The second-order valence-electron chi connectivity index (χ2n) is 2.74. The number of nitrogens with two attached hydrogens (primary N) is 1. The minimum atomic E-state index is -0.915. The summed E-state index contributed by atoms with van der Waals surface area (Å²) in [6.07, 6.45) is -0.204. The van der Waals surface area contributed by atoms with Crippen molar-refractivity contribution in [1.29, 1.82) is 0 Å². The van der Waals surface area contributed by atoms with Gasteiger partial charge in [0, 0.05) is 12.6 Å². The van der Waals surface area contributed by atoms with Gasteiger partial charge in [0.05, 0.1) is 0 Å². The van der Waals surface area contributed by atoms with E-state index in [1.54, 1.807) is 6.92 Å². The number of hydrogen-bond donors (Lipinski definition) is 1. The number of hydrogen-bond acceptors (Lipinski definition) is 2. The van der Waals surface area contributed by atoms with Crippen LogP contribution in [0.15, 0.2) is 18.2 Å². The van der Waals surface area contributed by atoms with E-state index in [0.717, 1.165) is 12.1 Å². The van der Waals surface area contributed by atoms with Crippen LogP contribution in [0, 0.1) is 11.6 Å². The Hall–Kier alpha value is -0.870. The van der Waals surface area contributed by atoms with Crippen molar-refractivity contribution in [2.75, 3.05) is 6.54 Å². The summed E-state index contributed by atoms with van der Waals surface area (Å²) >= 11 is 0. The van der Waals surface area contributed by atoms with Gasteiger partial charge < -0.3 is 10.5 Å². The minimum absolute atomic E-state index is 0. The molecule has 0 bridgehead atoms. The molecule has 1 aromatic rings. The van der Waals surface area contributed by atoms with Crippen molar-refractivity contribution < 1.29 is 13.5 Å². The van der Waals surface area contributed by atoms with Crippen molar-refractivity contribution in [3.8, 4) is 5.75 Å². The van der Waals surface area contributed by atoms with Crippen LogP contribution in [-0.2, 0) is 0 Å². The summed E-state index contributed by atoms with van der Waals surface area (Å²) in [5, 5.41) is 0. The van der Waals surface area contributed by atoms with E-state index in [1.165, 1.54) is 6.07 Å². The first kappa shape index (κ1) is 13.1. The first-order valence-electron chi connectivity index (χ1n) is 3.95. The Labute approximate surface area is 87.5 Å². The average Bonchev–Trinajstić information content (AvgIpc) is 2.11. The lowest BCUT2D eigenvalue weighted by Gasteiger charge is -2.11. The molecular formula is C9H12ClF2NO. The van der Waals surface area contributed by atoms with Crippen molar-refractivity contribution in [2.24, 2.45) is 5.73 Å². The van der Waals surface area contributed by atoms with Gasteiger partial charge in [-0.1, -0.05) is 0 Å². The molecule has 0 heterocycles. The molecule has 0 fully saturated rings. The van der Waals surface area contributed by atoms with Crippen molar-refractivity contribution in [3.63, 3.8) is 0 Å². The van der Waals surface area contributed by atoms with Crippen molar-refractivity contribution in [1.82, 2.24) is 0 Å². The van der Waals surface area contributed by atoms with Crippen LogP contribution in [0.5, 0.6) is 5.75 Å². The highest BCUT2D eigenvalue weighted by molar-refractivity contribution is 5.85. The van der Waals surface area contributed by atoms with Gasteiger partial charge in [-0.2, -0.15) is 0 Å². The first-order chi connectivity index (χ1) is 6.13. The number of ether oxygens (including phenoxy) is 1. The molecule has 14 heavy (non-hydrogen) atoms. The van der Waals surface area contributed by atoms with E-state index >= 15 is 0 Å². The maximum atomic E-state index is 12.6. The van der Waals surface area contributed by atoms with E-state index < -0.39 is 11.6 Å². The van der Waals surface area contributed by atoms with Crippen LogP contribution >= 0.6 is 12.4 Å². The van der Waals surface area contributed by atoms with Gasteiger partial charge in [-0.05, 0) is 19.1 Å². The lowest BCUT2D eigenvalue weighted by molar-refractivity contribution is 0.228. The molecule has 0 saturated carbocycles. The van der Waals surface area contributed by atoms with Gasteiger partial charge in [0.1, 0.15) is 11.9 Å². The van der Waals surface area contributed by atoms with Crippen LogP contribution in [0.25, 0.3) is 0 Å². The zero-order valence-corrected chi connectivity index (χ0v) is 8.48. The van der Waals surface area contributed by atoms with Crippen molar-refractivity contribution in [3.05, 3.63) is 29.8 Å². The fourth-order valence-electron chi connectivity index (χ4n) is 0.831. The molecule has 1 aromatic carbocycles. The lowest BCUT2D eigenvalue weighted by Crippen LogP contribution is -2.22. The Morgan fingerprint density at radius 3 is 2.50 bits per heavy atom. The molecular weight excluding hydrogens is 212 g/mol. The summed E-state index contributed by atoms with van der Waals surface area (Å²) in [4.78, 5) is 0. The number of halogens is 3. The Balaban J connectivity index is 0.00000169. The normalized spacial score (nSPS) is 11.7. The van der Waals surface area contributed by atoms with Gasteiger partial charge in [0.15, 0.2) is 11.6 Å². The Kier molecular flexibility index (Phi) is 5.42. The van der Waals surface area contributed by atoms with E-state index in [4.69, 9.17) is 10.5 Å². The zero-order valence-electron chi connectivity index (χ0n) is 7.67. The minimum Gasteiger partial charge on any atom is -0.489 e. The largest absolute Gasteiger partial charge is 0.489 e. The highest BCUT2D eigenvalue weighted by Gasteiger charge is 2.05. The maximum absolute atomic E-state index is 12.6. The quantitative estimate of drug-likeness (QED) is 0.852. The number of benzene rings is 1. The molecule has 0 aromatic heterocycles. The predicted molar refractivity (Wildman–Crippen MR) is 52.8 cm³/mol. The molecule has 1 unspecified atom stereocenters. The Morgan fingerprint density at radius 1 is 1.36 bits per heavy atom. The van der Waals surface area contributed by atoms with E-state index in [-0.39, 0.29) is 24.3 Å². The van der Waals surface area contributed by atoms with Crippen LogP contribution in [0.1, 0.15) is 6.92 Å². The van der Waals surface area contributed by atoms with Gasteiger partial charge in [-0.3, -0.25) is 0 Å². The summed E-state index contributed by atoms with van der Waals surface area (Å²) in [5.74, 6) is -1.51. The Bertz CT molecular complexity index is 296. The average molecular weight is 224 g/mol. The Morgan fingerprint density at radius 2 is 2.00 bits per heavy atom. The molecule has 2 nitrogen and oxygen atoms in total. The molecule has 0 spiro atoms. The van der Waals surface area contributed by atoms with E-state index in [2.05, 4.69) is 0 Å². The fourth-order valence-corrected chi connectivity index (χ4v) is 0.831. The molecule has 0 aliphatic rings. The van der Waals surface area contributed by atoms with Crippen LogP contribution in [0.2, 0.25) is 0 Å². The molecule has 80 valence electrons. The monoisotopic (exact) mass is 223 g/mol. The molecule has 0 aliphatic carbocycles. The van der Waals surface area contributed by atoms with E-state index in [9.17, 15) is 8.78 Å². The van der Waals surface area contributed by atoms with E-state index in [0.29, 0.717) is 6.54 Å². The van der Waals surface area contributed by atoms with Crippen LogP contribution in [0.3, 0.4) is 0 Å². The second-order valence-corrected chi connectivity index (χ2v) is 2.74. The van der Waals surface area contributed by atoms with E-state index in [1.807, 2.05) is 0 Å². The van der Waals surface area contributed by atoms with Crippen LogP contribution in [-0.4, -0.2) is 12.6 Å². The molecule has 0 saturated heterocycles. The molecule has 0 aliphatic heterocycles. The molecule has 5 heteroatoms. The summed E-state index contributed by atoms with van der Waals surface area (Å²) in [5.41, 5.74) is 5.30. The molecule has 1 atom stereocenters. The topological polar surface area (TPSA) is 35.2 Å². The van der Waals surface area contributed by atoms with Gasteiger partial charge in [-0.15, -0.1) is 12.4 Å². The first-order valence-corrected chi connectivity index (χ1v) is 3.95. The highest BCUT2D eigenvalue weighted by Crippen LogP contribution is 2.16. The van der Waals surface area contributed by atoms with Gasteiger partial charge in [0.25, 0.3) is 0 Å². The summed E-state index contributed by atoms with van der Waals surface area (Å²) in [7, 11) is 0.